The van der Waals surface area contributed by atoms with Gasteiger partial charge in [-0.3, -0.25) is 19.0 Å². The molecule has 5 rings (SSSR count). The van der Waals surface area contributed by atoms with Gasteiger partial charge >= 0.3 is 0 Å². The highest BCUT2D eigenvalue weighted by Crippen LogP contribution is 2.22. The summed E-state index contributed by atoms with van der Waals surface area (Å²) in [7, 11) is 0. The van der Waals surface area contributed by atoms with Gasteiger partial charge in [-0.15, -0.1) is 0 Å². The summed E-state index contributed by atoms with van der Waals surface area (Å²) in [6, 6.07) is 18.6. The standard InChI is InChI=1S/C29H28N4O3/c34-28(26-18-31-27-14-5-7-16-33(27)29(26)35)32(20-24-12-4-6-15-30-24)19-23-11-8-13-25(17-23)36-21-22-9-2-1-3-10-22/h1-2,4-8,11-18,22H,3,9-10,19-21H2. The van der Waals surface area contributed by atoms with Gasteiger partial charge < -0.3 is 9.64 Å². The number of carbonyl (C=O) groups excluding carboxylic acids is 1. The number of benzene rings is 1. The molecule has 7 nitrogen and oxygen atoms in total. The van der Waals surface area contributed by atoms with Crippen molar-refractivity contribution in [3.05, 3.63) is 119 Å². The molecule has 36 heavy (non-hydrogen) atoms. The van der Waals surface area contributed by atoms with Gasteiger partial charge in [-0.25, -0.2) is 4.98 Å². The van der Waals surface area contributed by atoms with Crippen molar-refractivity contribution in [3.63, 3.8) is 0 Å². The van der Waals surface area contributed by atoms with E-state index in [-0.39, 0.29) is 12.1 Å². The lowest BCUT2D eigenvalue weighted by Crippen LogP contribution is -2.35. The first-order valence-corrected chi connectivity index (χ1v) is 12.2. The second-order valence-corrected chi connectivity index (χ2v) is 9.00. The Morgan fingerprint density at radius 1 is 1.03 bits per heavy atom. The van der Waals surface area contributed by atoms with Gasteiger partial charge in [-0.2, -0.15) is 0 Å². The van der Waals surface area contributed by atoms with Gasteiger partial charge in [0.1, 0.15) is 17.0 Å². The third kappa shape index (κ3) is 5.51. The molecule has 1 aromatic carbocycles. The molecule has 1 aliphatic carbocycles. The van der Waals surface area contributed by atoms with Crippen LogP contribution in [0.25, 0.3) is 5.65 Å². The molecular formula is C29H28N4O3. The number of hydrogen-bond donors (Lipinski definition) is 0. The van der Waals surface area contributed by atoms with Crippen LogP contribution in [0.2, 0.25) is 0 Å². The molecule has 0 fully saturated rings. The van der Waals surface area contributed by atoms with Crippen molar-refractivity contribution in [1.29, 1.82) is 0 Å². The Balaban J connectivity index is 1.39. The molecule has 0 radical (unpaired) electrons. The Morgan fingerprint density at radius 2 is 1.94 bits per heavy atom. The average Bonchev–Trinajstić information content (AvgIpc) is 2.93. The predicted octanol–water partition coefficient (Wildman–Crippen LogP) is 4.67. The Bertz CT molecular complexity index is 1430. The molecule has 1 unspecified atom stereocenters. The van der Waals surface area contributed by atoms with Crippen molar-refractivity contribution in [2.45, 2.75) is 32.4 Å². The predicted molar refractivity (Wildman–Crippen MR) is 138 cm³/mol. The van der Waals surface area contributed by atoms with E-state index in [4.69, 9.17) is 4.74 Å². The second-order valence-electron chi connectivity index (χ2n) is 9.00. The van der Waals surface area contributed by atoms with Crippen LogP contribution >= 0.6 is 0 Å². The number of hydrogen-bond acceptors (Lipinski definition) is 5. The summed E-state index contributed by atoms with van der Waals surface area (Å²) < 4.78 is 7.48. The lowest BCUT2D eigenvalue weighted by atomic mass is 9.95. The molecule has 0 aliphatic heterocycles. The number of allylic oxidation sites excluding steroid dienone is 2. The summed E-state index contributed by atoms with van der Waals surface area (Å²) in [4.78, 5) is 37.1. The minimum atomic E-state index is -0.393. The fraction of sp³-hybridized carbons (Fsp3) is 0.241. The van der Waals surface area contributed by atoms with Crippen molar-refractivity contribution >= 4 is 11.6 Å². The number of amides is 1. The summed E-state index contributed by atoms with van der Waals surface area (Å²) in [6.45, 7) is 1.23. The van der Waals surface area contributed by atoms with Crippen molar-refractivity contribution in [1.82, 2.24) is 19.3 Å². The first-order valence-electron chi connectivity index (χ1n) is 12.2. The summed E-state index contributed by atoms with van der Waals surface area (Å²) in [5.41, 5.74) is 1.77. The zero-order chi connectivity index (χ0) is 24.7. The Morgan fingerprint density at radius 3 is 2.78 bits per heavy atom. The fourth-order valence-electron chi connectivity index (χ4n) is 4.41. The Kier molecular flexibility index (Phi) is 7.17. The van der Waals surface area contributed by atoms with Crippen LogP contribution in [0.4, 0.5) is 0 Å². The fourth-order valence-corrected chi connectivity index (χ4v) is 4.41. The van der Waals surface area contributed by atoms with Gasteiger partial charge in [0.05, 0.1) is 18.8 Å². The summed E-state index contributed by atoms with van der Waals surface area (Å²) in [5.74, 6) is 0.908. The molecule has 0 saturated carbocycles. The third-order valence-electron chi connectivity index (χ3n) is 6.35. The van der Waals surface area contributed by atoms with Gasteiger partial charge in [0.15, 0.2) is 0 Å². The minimum Gasteiger partial charge on any atom is -0.493 e. The normalized spacial score (nSPS) is 15.1. The van der Waals surface area contributed by atoms with E-state index < -0.39 is 11.5 Å². The van der Waals surface area contributed by atoms with Crippen LogP contribution in [0, 0.1) is 5.92 Å². The van der Waals surface area contributed by atoms with E-state index in [1.807, 2.05) is 42.5 Å². The first kappa shape index (κ1) is 23.5. The highest BCUT2D eigenvalue weighted by Gasteiger charge is 2.22. The maximum Gasteiger partial charge on any atom is 0.270 e. The van der Waals surface area contributed by atoms with Crippen LogP contribution < -0.4 is 10.3 Å². The minimum absolute atomic E-state index is 0.0207. The SMILES string of the molecule is O=C(c1cnc2ccccn2c1=O)N(Cc1cccc(OCC2CC=CCC2)c1)Cc1ccccn1. The quantitative estimate of drug-likeness (QED) is 0.343. The topological polar surface area (TPSA) is 76.8 Å². The maximum absolute atomic E-state index is 13.6. The van der Waals surface area contributed by atoms with Gasteiger partial charge in [0, 0.05) is 25.1 Å². The molecule has 3 heterocycles. The number of fused-ring (bicyclic) bond motifs is 1. The zero-order valence-electron chi connectivity index (χ0n) is 20.0. The molecule has 1 aliphatic rings. The number of rotatable bonds is 8. The summed E-state index contributed by atoms with van der Waals surface area (Å²) >= 11 is 0. The molecule has 182 valence electrons. The monoisotopic (exact) mass is 480 g/mol. The van der Waals surface area contributed by atoms with Crippen molar-refractivity contribution in [2.24, 2.45) is 5.92 Å². The number of pyridine rings is 2. The van der Waals surface area contributed by atoms with Gasteiger partial charge in [0.25, 0.3) is 11.5 Å². The van der Waals surface area contributed by atoms with E-state index in [1.54, 1.807) is 35.5 Å². The van der Waals surface area contributed by atoms with Crippen molar-refractivity contribution in [3.8, 4) is 5.75 Å². The Labute approximate surface area is 209 Å². The lowest BCUT2D eigenvalue weighted by molar-refractivity contribution is 0.0725. The molecule has 0 bridgehead atoms. The number of nitrogens with zero attached hydrogens (tertiary/aromatic N) is 4. The van der Waals surface area contributed by atoms with Crippen molar-refractivity contribution < 1.29 is 9.53 Å². The molecule has 0 saturated heterocycles. The largest absolute Gasteiger partial charge is 0.493 e. The lowest BCUT2D eigenvalue weighted by Gasteiger charge is -2.23. The summed E-state index contributed by atoms with van der Waals surface area (Å²) in [5, 5.41) is 0. The highest BCUT2D eigenvalue weighted by molar-refractivity contribution is 5.93. The smallest absolute Gasteiger partial charge is 0.270 e. The third-order valence-corrected chi connectivity index (χ3v) is 6.35. The molecular weight excluding hydrogens is 452 g/mol. The second kappa shape index (κ2) is 11.0. The molecule has 3 aromatic heterocycles. The number of ether oxygens (including phenoxy) is 1. The maximum atomic E-state index is 13.6. The van der Waals surface area contributed by atoms with Crippen LogP contribution in [0.5, 0.6) is 5.75 Å². The highest BCUT2D eigenvalue weighted by atomic mass is 16.5. The first-order chi connectivity index (χ1) is 17.7. The van der Waals surface area contributed by atoms with Crippen LogP contribution in [0.1, 0.15) is 40.9 Å². The summed E-state index contributed by atoms with van der Waals surface area (Å²) in [6.07, 6.45) is 12.4. The van der Waals surface area contributed by atoms with Crippen LogP contribution in [0.15, 0.2) is 96.2 Å². The van der Waals surface area contributed by atoms with E-state index in [9.17, 15) is 9.59 Å². The van der Waals surface area contributed by atoms with Gasteiger partial charge in [-0.05, 0) is 67.1 Å². The Hall–Kier alpha value is -4.26. The molecule has 4 aromatic rings. The van der Waals surface area contributed by atoms with Gasteiger partial charge in [0.2, 0.25) is 0 Å². The molecule has 0 N–H and O–H groups in total. The van der Waals surface area contributed by atoms with Crippen LogP contribution in [0.3, 0.4) is 0 Å². The van der Waals surface area contributed by atoms with Crippen LogP contribution in [-0.4, -0.2) is 31.8 Å². The van der Waals surface area contributed by atoms with Crippen molar-refractivity contribution in [2.75, 3.05) is 6.61 Å². The molecule has 1 amide bonds. The van der Waals surface area contributed by atoms with E-state index in [1.165, 1.54) is 10.6 Å². The molecule has 1 atom stereocenters. The molecule has 0 spiro atoms. The van der Waals surface area contributed by atoms with E-state index in [2.05, 4.69) is 22.1 Å². The molecule has 7 heteroatoms. The van der Waals surface area contributed by atoms with E-state index in [0.29, 0.717) is 24.7 Å². The van der Waals surface area contributed by atoms with Gasteiger partial charge in [-0.1, -0.05) is 36.4 Å². The number of carbonyl (C=O) groups is 1. The number of aromatic nitrogens is 3. The van der Waals surface area contributed by atoms with Crippen LogP contribution in [-0.2, 0) is 13.1 Å². The average molecular weight is 481 g/mol. The zero-order valence-corrected chi connectivity index (χ0v) is 20.0. The van der Waals surface area contributed by atoms with E-state index >= 15 is 0 Å². The van der Waals surface area contributed by atoms with E-state index in [0.717, 1.165) is 36.3 Å².